The van der Waals surface area contributed by atoms with Gasteiger partial charge >= 0.3 is 0 Å². The summed E-state index contributed by atoms with van der Waals surface area (Å²) in [5.41, 5.74) is 6.09. The molecule has 0 aliphatic carbocycles. The van der Waals surface area contributed by atoms with E-state index in [4.69, 9.17) is 5.73 Å². The molecule has 78 valence electrons. The average molecular weight is 218 g/mol. The van der Waals surface area contributed by atoms with Crippen LogP contribution in [0.25, 0.3) is 0 Å². The van der Waals surface area contributed by atoms with Crippen molar-refractivity contribution in [3.63, 3.8) is 0 Å². The maximum atomic E-state index is 12.8. The summed E-state index contributed by atoms with van der Waals surface area (Å²) in [6.45, 7) is 3.52. The van der Waals surface area contributed by atoms with E-state index < -0.39 is 11.9 Å². The summed E-state index contributed by atoms with van der Waals surface area (Å²) in [6.07, 6.45) is 2.14. The van der Waals surface area contributed by atoms with Crippen LogP contribution in [0, 0.1) is 5.82 Å². The molecule has 0 unspecified atom stereocenters. The maximum absolute atomic E-state index is 12.8. The minimum atomic E-state index is -0.396. The van der Waals surface area contributed by atoms with Crippen molar-refractivity contribution >= 4 is 12.4 Å². The Morgan fingerprint density at radius 2 is 2.21 bits per heavy atom. The number of hydrogen-bond acceptors (Lipinski definition) is 2. The third kappa shape index (κ3) is 3.01. The van der Waals surface area contributed by atoms with E-state index in [-0.39, 0.29) is 18.2 Å². The van der Waals surface area contributed by atoms with E-state index in [1.165, 1.54) is 18.2 Å². The maximum Gasteiger partial charge on any atom is 0.123 e. The number of hydrogen-bond donors (Lipinski definition) is 2. The van der Waals surface area contributed by atoms with E-state index in [9.17, 15) is 9.50 Å². The van der Waals surface area contributed by atoms with E-state index in [2.05, 4.69) is 6.58 Å². The summed E-state index contributed by atoms with van der Waals surface area (Å²) in [6, 6.07) is 3.34. The van der Waals surface area contributed by atoms with Crippen molar-refractivity contribution in [2.45, 2.75) is 12.5 Å². The van der Waals surface area contributed by atoms with Gasteiger partial charge in [0.05, 0.1) is 0 Å². The van der Waals surface area contributed by atoms with Gasteiger partial charge in [0.15, 0.2) is 0 Å². The number of halogens is 2. The molecule has 2 nitrogen and oxygen atoms in total. The fourth-order valence-corrected chi connectivity index (χ4v) is 1.13. The molecule has 0 saturated heterocycles. The smallest absolute Gasteiger partial charge is 0.123 e. The number of rotatable bonds is 3. The molecule has 0 aliphatic rings. The molecule has 0 fully saturated rings. The Labute approximate surface area is 88.7 Å². The zero-order chi connectivity index (χ0) is 9.84. The summed E-state index contributed by atoms with van der Waals surface area (Å²) in [7, 11) is 0. The van der Waals surface area contributed by atoms with Crippen LogP contribution in [-0.4, -0.2) is 5.11 Å². The Bertz CT molecular complexity index is 317. The van der Waals surface area contributed by atoms with Gasteiger partial charge in [0.1, 0.15) is 11.6 Å². The Balaban J connectivity index is 0.00000169. The van der Waals surface area contributed by atoms with Gasteiger partial charge in [0.25, 0.3) is 0 Å². The van der Waals surface area contributed by atoms with Crippen LogP contribution in [0.5, 0.6) is 5.75 Å². The highest BCUT2D eigenvalue weighted by molar-refractivity contribution is 5.85. The van der Waals surface area contributed by atoms with Gasteiger partial charge in [-0.1, -0.05) is 6.08 Å². The van der Waals surface area contributed by atoms with Crippen LogP contribution < -0.4 is 5.73 Å². The van der Waals surface area contributed by atoms with E-state index in [1.54, 1.807) is 6.08 Å². The lowest BCUT2D eigenvalue weighted by atomic mass is 10.0. The minimum absolute atomic E-state index is 0. The van der Waals surface area contributed by atoms with Gasteiger partial charge in [0.2, 0.25) is 0 Å². The van der Waals surface area contributed by atoms with Crippen LogP contribution in [-0.2, 0) is 0 Å². The van der Waals surface area contributed by atoms with E-state index in [0.717, 1.165) is 0 Å². The van der Waals surface area contributed by atoms with Gasteiger partial charge in [0, 0.05) is 11.6 Å². The lowest BCUT2D eigenvalue weighted by Gasteiger charge is -2.11. The van der Waals surface area contributed by atoms with Crippen molar-refractivity contribution in [3.05, 3.63) is 42.2 Å². The van der Waals surface area contributed by atoms with Crippen LogP contribution in [0.15, 0.2) is 30.9 Å². The number of benzene rings is 1. The lowest BCUT2D eigenvalue weighted by Crippen LogP contribution is -2.09. The molecule has 14 heavy (non-hydrogen) atoms. The highest BCUT2D eigenvalue weighted by Crippen LogP contribution is 2.25. The molecule has 0 bridgehead atoms. The predicted octanol–water partition coefficient (Wildman–Crippen LogP) is 2.53. The third-order valence-corrected chi connectivity index (χ3v) is 1.81. The van der Waals surface area contributed by atoms with Gasteiger partial charge in [-0.3, -0.25) is 0 Å². The van der Waals surface area contributed by atoms with Gasteiger partial charge < -0.3 is 10.8 Å². The van der Waals surface area contributed by atoms with Gasteiger partial charge in [-0.15, -0.1) is 19.0 Å². The number of nitrogens with two attached hydrogens (primary N) is 1. The van der Waals surface area contributed by atoms with E-state index in [0.29, 0.717) is 12.0 Å². The fraction of sp³-hybridized carbons (Fsp3) is 0.200. The molecular weight excluding hydrogens is 205 g/mol. The van der Waals surface area contributed by atoms with Crippen LogP contribution >= 0.6 is 12.4 Å². The normalized spacial score (nSPS) is 11.6. The SMILES string of the molecule is C=CC[C@H](N)c1cc(F)ccc1O.Cl. The first-order chi connectivity index (χ1) is 6.15. The van der Waals surface area contributed by atoms with Crippen molar-refractivity contribution in [3.8, 4) is 5.75 Å². The number of aromatic hydroxyl groups is 1. The highest BCUT2D eigenvalue weighted by Gasteiger charge is 2.09. The van der Waals surface area contributed by atoms with Crippen molar-refractivity contribution in [2.75, 3.05) is 0 Å². The third-order valence-electron chi connectivity index (χ3n) is 1.81. The van der Waals surface area contributed by atoms with Crippen LogP contribution in [0.4, 0.5) is 4.39 Å². The zero-order valence-electron chi connectivity index (χ0n) is 7.61. The first-order valence-corrected chi connectivity index (χ1v) is 4.00. The Morgan fingerprint density at radius 1 is 1.57 bits per heavy atom. The van der Waals surface area contributed by atoms with Crippen molar-refractivity contribution in [1.29, 1.82) is 0 Å². The van der Waals surface area contributed by atoms with Gasteiger partial charge in [-0.2, -0.15) is 0 Å². The van der Waals surface area contributed by atoms with E-state index in [1.807, 2.05) is 0 Å². The Morgan fingerprint density at radius 3 is 2.79 bits per heavy atom. The minimum Gasteiger partial charge on any atom is -0.508 e. The molecule has 0 spiro atoms. The molecule has 3 N–H and O–H groups in total. The first-order valence-electron chi connectivity index (χ1n) is 4.00. The molecular formula is C10H13ClFNO. The second-order valence-corrected chi connectivity index (χ2v) is 2.83. The molecule has 1 aromatic carbocycles. The molecule has 1 atom stereocenters. The van der Waals surface area contributed by atoms with Gasteiger partial charge in [-0.05, 0) is 24.6 Å². The summed E-state index contributed by atoms with van der Waals surface area (Å²) in [5, 5.41) is 9.35. The van der Waals surface area contributed by atoms with Crippen molar-refractivity contribution < 1.29 is 9.50 Å². The van der Waals surface area contributed by atoms with Crippen molar-refractivity contribution in [2.24, 2.45) is 5.73 Å². The Hall–Kier alpha value is -1.06. The molecule has 0 aromatic heterocycles. The Kier molecular flexibility index (Phi) is 5.20. The topological polar surface area (TPSA) is 46.2 Å². The second kappa shape index (κ2) is 5.62. The lowest BCUT2D eigenvalue weighted by molar-refractivity contribution is 0.458. The summed E-state index contributed by atoms with van der Waals surface area (Å²) >= 11 is 0. The fourth-order valence-electron chi connectivity index (χ4n) is 1.13. The molecule has 4 heteroatoms. The first kappa shape index (κ1) is 12.9. The number of phenols is 1. The summed E-state index contributed by atoms with van der Waals surface area (Å²) in [4.78, 5) is 0. The number of phenolic OH excluding ortho intramolecular Hbond substituents is 1. The quantitative estimate of drug-likeness (QED) is 0.765. The zero-order valence-corrected chi connectivity index (χ0v) is 8.43. The van der Waals surface area contributed by atoms with Crippen LogP contribution in [0.2, 0.25) is 0 Å². The molecule has 0 radical (unpaired) electrons. The molecule has 1 rings (SSSR count). The monoisotopic (exact) mass is 217 g/mol. The molecule has 0 aliphatic heterocycles. The van der Waals surface area contributed by atoms with Crippen LogP contribution in [0.1, 0.15) is 18.0 Å². The molecule has 0 amide bonds. The highest BCUT2D eigenvalue weighted by atomic mass is 35.5. The summed E-state index contributed by atoms with van der Waals surface area (Å²) < 4.78 is 12.8. The molecule has 0 saturated carbocycles. The largest absolute Gasteiger partial charge is 0.508 e. The van der Waals surface area contributed by atoms with Gasteiger partial charge in [-0.25, -0.2) is 4.39 Å². The predicted molar refractivity (Wildman–Crippen MR) is 57.1 cm³/mol. The molecule has 1 aromatic rings. The van der Waals surface area contributed by atoms with Crippen LogP contribution in [0.3, 0.4) is 0 Å². The molecule has 0 heterocycles. The standard InChI is InChI=1S/C10H12FNO.ClH/c1-2-3-9(12)8-6-7(11)4-5-10(8)13;/h2,4-6,9,13H,1,3,12H2;1H/t9-;/m0./s1. The van der Waals surface area contributed by atoms with Crippen molar-refractivity contribution in [1.82, 2.24) is 0 Å². The summed E-state index contributed by atoms with van der Waals surface area (Å²) in [5.74, 6) is -0.372. The second-order valence-electron chi connectivity index (χ2n) is 2.83. The van der Waals surface area contributed by atoms with E-state index >= 15 is 0 Å². The average Bonchev–Trinajstić information content (AvgIpc) is 2.09.